The summed E-state index contributed by atoms with van der Waals surface area (Å²) in [6, 6.07) is 8.81. The van der Waals surface area contributed by atoms with E-state index in [1.165, 1.54) is 0 Å². The summed E-state index contributed by atoms with van der Waals surface area (Å²) in [7, 11) is 0. The Morgan fingerprint density at radius 1 is 1.31 bits per heavy atom. The lowest BCUT2D eigenvalue weighted by Gasteiger charge is -2.27. The molecule has 26 heavy (non-hydrogen) atoms. The Balaban J connectivity index is 1.70. The number of carboxylic acids is 1. The second-order valence-corrected chi connectivity index (χ2v) is 6.92. The fraction of sp³-hybridized carbons (Fsp3) is 0.278. The molecule has 2 aromatic heterocycles. The van der Waals surface area contributed by atoms with Crippen LogP contribution in [0, 0.1) is 0 Å². The number of aromatic nitrogens is 3. The van der Waals surface area contributed by atoms with Crippen molar-refractivity contribution in [3.8, 4) is 11.1 Å². The number of nitrogens with one attached hydrogen (secondary N) is 1. The number of hydrogen-bond donors (Lipinski definition) is 3. The predicted octanol–water partition coefficient (Wildman–Crippen LogP) is 2.55. The molecule has 4 N–H and O–H groups in total. The molecular formula is C18H18ClN5O2. The minimum absolute atomic E-state index is 0.117. The Bertz CT molecular complexity index is 962. The van der Waals surface area contributed by atoms with Gasteiger partial charge >= 0.3 is 5.97 Å². The molecule has 2 atom stereocenters. The molecule has 1 aliphatic heterocycles. The van der Waals surface area contributed by atoms with Gasteiger partial charge in [-0.3, -0.25) is 4.79 Å². The van der Waals surface area contributed by atoms with Gasteiger partial charge in [0.1, 0.15) is 11.9 Å². The minimum Gasteiger partial charge on any atom is -0.480 e. The molecule has 1 aromatic carbocycles. The van der Waals surface area contributed by atoms with Gasteiger partial charge < -0.3 is 16.2 Å². The Morgan fingerprint density at radius 3 is 2.73 bits per heavy atom. The SMILES string of the molecule is Nc1cc(C2CCC(C(=O)O)NC2)nc2c(-c3ccc(Cl)cc3)cnn12. The highest BCUT2D eigenvalue weighted by Crippen LogP contribution is 2.30. The quantitative estimate of drug-likeness (QED) is 0.653. The van der Waals surface area contributed by atoms with E-state index in [1.807, 2.05) is 30.3 Å². The Morgan fingerprint density at radius 2 is 2.08 bits per heavy atom. The molecule has 0 amide bonds. The summed E-state index contributed by atoms with van der Waals surface area (Å²) in [4.78, 5) is 15.9. The Hall–Kier alpha value is -2.64. The number of carboxylic acid groups (broad SMARTS) is 1. The van der Waals surface area contributed by atoms with Gasteiger partial charge in [-0.05, 0) is 30.5 Å². The zero-order valence-electron chi connectivity index (χ0n) is 13.9. The number of benzene rings is 1. The second-order valence-electron chi connectivity index (χ2n) is 6.48. The Labute approximate surface area is 154 Å². The summed E-state index contributed by atoms with van der Waals surface area (Å²) in [5, 5.41) is 17.2. The van der Waals surface area contributed by atoms with Gasteiger partial charge in [-0.15, -0.1) is 0 Å². The highest BCUT2D eigenvalue weighted by Gasteiger charge is 2.27. The lowest BCUT2D eigenvalue weighted by Crippen LogP contribution is -2.43. The monoisotopic (exact) mass is 371 g/mol. The van der Waals surface area contributed by atoms with Crippen LogP contribution < -0.4 is 11.1 Å². The van der Waals surface area contributed by atoms with E-state index >= 15 is 0 Å². The first-order valence-electron chi connectivity index (χ1n) is 8.39. The summed E-state index contributed by atoms with van der Waals surface area (Å²) < 4.78 is 1.61. The van der Waals surface area contributed by atoms with Crippen LogP contribution in [0.25, 0.3) is 16.8 Å². The molecule has 0 spiro atoms. The third-order valence-corrected chi connectivity index (χ3v) is 5.06. The first-order valence-corrected chi connectivity index (χ1v) is 8.77. The highest BCUT2D eigenvalue weighted by molar-refractivity contribution is 6.30. The standard InChI is InChI=1S/C18H18ClN5O2/c19-12-4-1-10(2-5-12)13-9-22-24-16(20)7-15(23-17(13)24)11-3-6-14(18(25)26)21-8-11/h1-2,4-5,7,9,11,14,21H,3,6,8,20H2,(H,25,26). The van der Waals surface area contributed by atoms with Gasteiger partial charge in [0.2, 0.25) is 0 Å². The number of rotatable bonds is 3. The van der Waals surface area contributed by atoms with Crippen LogP contribution in [-0.4, -0.2) is 38.3 Å². The molecule has 0 aliphatic carbocycles. The van der Waals surface area contributed by atoms with Crippen molar-refractivity contribution in [3.63, 3.8) is 0 Å². The van der Waals surface area contributed by atoms with Gasteiger partial charge in [0, 0.05) is 29.1 Å². The number of carbonyl (C=O) groups is 1. The van der Waals surface area contributed by atoms with Gasteiger partial charge in [-0.25, -0.2) is 4.98 Å². The average Bonchev–Trinajstić information content (AvgIpc) is 3.07. The number of nitrogens with two attached hydrogens (primary N) is 1. The largest absolute Gasteiger partial charge is 0.480 e. The summed E-state index contributed by atoms with van der Waals surface area (Å²) in [5.74, 6) is -0.191. The molecule has 8 heteroatoms. The van der Waals surface area contributed by atoms with Crippen LogP contribution in [0.15, 0.2) is 36.5 Å². The van der Waals surface area contributed by atoms with E-state index in [9.17, 15) is 4.79 Å². The Kier molecular flexibility index (Phi) is 4.26. The predicted molar refractivity (Wildman–Crippen MR) is 99.2 cm³/mol. The van der Waals surface area contributed by atoms with Crippen LogP contribution in [0.5, 0.6) is 0 Å². The van der Waals surface area contributed by atoms with Crippen molar-refractivity contribution in [2.24, 2.45) is 0 Å². The van der Waals surface area contributed by atoms with Crippen molar-refractivity contribution in [3.05, 3.63) is 47.2 Å². The molecule has 0 bridgehead atoms. The number of halogens is 1. The molecule has 3 heterocycles. The molecule has 7 nitrogen and oxygen atoms in total. The zero-order valence-corrected chi connectivity index (χ0v) is 14.6. The van der Waals surface area contributed by atoms with E-state index in [0.29, 0.717) is 29.5 Å². The van der Waals surface area contributed by atoms with Crippen molar-refractivity contribution >= 4 is 29.0 Å². The molecule has 1 saturated heterocycles. The van der Waals surface area contributed by atoms with Crippen molar-refractivity contribution in [2.75, 3.05) is 12.3 Å². The van der Waals surface area contributed by atoms with Crippen molar-refractivity contribution in [2.45, 2.75) is 24.8 Å². The maximum absolute atomic E-state index is 11.1. The fourth-order valence-electron chi connectivity index (χ4n) is 3.37. The van der Waals surface area contributed by atoms with Gasteiger partial charge in [0.05, 0.1) is 11.9 Å². The highest BCUT2D eigenvalue weighted by atomic mass is 35.5. The van der Waals surface area contributed by atoms with Crippen LogP contribution in [0.2, 0.25) is 5.02 Å². The first kappa shape index (κ1) is 16.8. The number of aliphatic carboxylic acids is 1. The molecule has 134 valence electrons. The van der Waals surface area contributed by atoms with Gasteiger partial charge in [0.15, 0.2) is 5.65 Å². The summed E-state index contributed by atoms with van der Waals surface area (Å²) >= 11 is 5.97. The van der Waals surface area contributed by atoms with Crippen molar-refractivity contribution < 1.29 is 9.90 Å². The van der Waals surface area contributed by atoms with Crippen LogP contribution in [0.1, 0.15) is 24.5 Å². The van der Waals surface area contributed by atoms with Gasteiger partial charge in [0.25, 0.3) is 0 Å². The van der Waals surface area contributed by atoms with E-state index in [0.717, 1.165) is 23.2 Å². The molecule has 1 fully saturated rings. The van der Waals surface area contributed by atoms with Gasteiger partial charge in [-0.1, -0.05) is 23.7 Å². The lowest BCUT2D eigenvalue weighted by atomic mass is 9.92. The maximum atomic E-state index is 11.1. The number of nitrogen functional groups attached to an aromatic ring is 1. The minimum atomic E-state index is -0.813. The number of hydrogen-bond acceptors (Lipinski definition) is 5. The van der Waals surface area contributed by atoms with Crippen LogP contribution in [-0.2, 0) is 4.79 Å². The number of fused-ring (bicyclic) bond motifs is 1. The smallest absolute Gasteiger partial charge is 0.320 e. The summed E-state index contributed by atoms with van der Waals surface area (Å²) in [6.45, 7) is 0.560. The average molecular weight is 372 g/mol. The third-order valence-electron chi connectivity index (χ3n) is 4.81. The molecule has 2 unspecified atom stereocenters. The van der Waals surface area contributed by atoms with E-state index in [2.05, 4.69) is 10.4 Å². The van der Waals surface area contributed by atoms with E-state index in [-0.39, 0.29) is 5.92 Å². The first-order chi connectivity index (χ1) is 12.5. The zero-order chi connectivity index (χ0) is 18.3. The second kappa shape index (κ2) is 6.59. The molecule has 0 saturated carbocycles. The molecule has 3 aromatic rings. The van der Waals surface area contributed by atoms with Gasteiger partial charge in [-0.2, -0.15) is 9.61 Å². The summed E-state index contributed by atoms with van der Waals surface area (Å²) in [5.41, 5.74) is 9.55. The number of anilines is 1. The van der Waals surface area contributed by atoms with Crippen LogP contribution in [0.4, 0.5) is 5.82 Å². The maximum Gasteiger partial charge on any atom is 0.320 e. The van der Waals surface area contributed by atoms with Crippen molar-refractivity contribution in [1.29, 1.82) is 0 Å². The lowest BCUT2D eigenvalue weighted by molar-refractivity contribution is -0.140. The van der Waals surface area contributed by atoms with Crippen molar-refractivity contribution in [1.82, 2.24) is 19.9 Å². The third kappa shape index (κ3) is 3.00. The fourth-order valence-corrected chi connectivity index (χ4v) is 3.49. The van der Waals surface area contributed by atoms with Crippen LogP contribution in [0.3, 0.4) is 0 Å². The van der Waals surface area contributed by atoms with E-state index in [4.69, 9.17) is 27.4 Å². The summed E-state index contributed by atoms with van der Waals surface area (Å²) in [6.07, 6.45) is 3.05. The number of nitrogens with zero attached hydrogens (tertiary/aromatic N) is 3. The molecular weight excluding hydrogens is 354 g/mol. The molecule has 0 radical (unpaired) electrons. The molecule has 4 rings (SSSR count). The van der Waals surface area contributed by atoms with E-state index in [1.54, 1.807) is 10.7 Å². The normalized spacial score (nSPS) is 20.3. The number of piperidine rings is 1. The van der Waals surface area contributed by atoms with Crippen LogP contribution >= 0.6 is 11.6 Å². The van der Waals surface area contributed by atoms with E-state index < -0.39 is 12.0 Å². The molecule has 1 aliphatic rings. The topological polar surface area (TPSA) is 106 Å².